The van der Waals surface area contributed by atoms with Gasteiger partial charge in [0.2, 0.25) is 0 Å². The highest BCUT2D eigenvalue weighted by Gasteiger charge is 2.27. The molecule has 1 aliphatic rings. The van der Waals surface area contributed by atoms with Gasteiger partial charge in [0.15, 0.2) is 5.78 Å². The molecule has 2 rings (SSSR count). The maximum Gasteiger partial charge on any atom is 0.158 e. The lowest BCUT2D eigenvalue weighted by molar-refractivity contribution is -0.114. The van der Waals surface area contributed by atoms with Crippen LogP contribution in [0.15, 0.2) is 40.9 Å². The van der Waals surface area contributed by atoms with Crippen molar-refractivity contribution >= 4 is 21.7 Å². The number of allylic oxidation sites excluding steroid dienone is 1. The summed E-state index contributed by atoms with van der Waals surface area (Å²) in [7, 11) is 0. The van der Waals surface area contributed by atoms with Crippen molar-refractivity contribution in [3.63, 3.8) is 0 Å². The summed E-state index contributed by atoms with van der Waals surface area (Å²) in [4.78, 5) is 11.4. The summed E-state index contributed by atoms with van der Waals surface area (Å²) in [5.41, 5.74) is 1.99. The molecule has 1 unspecified atom stereocenters. The smallest absolute Gasteiger partial charge is 0.158 e. The Morgan fingerprint density at radius 1 is 1.29 bits per heavy atom. The van der Waals surface area contributed by atoms with E-state index in [9.17, 15) is 4.79 Å². The molecule has 0 aromatic heterocycles. The van der Waals surface area contributed by atoms with Gasteiger partial charge in [-0.3, -0.25) is 4.79 Å². The van der Waals surface area contributed by atoms with E-state index in [1.807, 2.05) is 18.2 Å². The van der Waals surface area contributed by atoms with Crippen LogP contribution in [0.4, 0.5) is 0 Å². The van der Waals surface area contributed by atoms with E-state index in [-0.39, 0.29) is 5.78 Å². The van der Waals surface area contributed by atoms with Crippen molar-refractivity contribution in [1.29, 1.82) is 0 Å². The Labute approximate surface area is 92.0 Å². The summed E-state index contributed by atoms with van der Waals surface area (Å²) in [6.45, 7) is 3.78. The summed E-state index contributed by atoms with van der Waals surface area (Å²) < 4.78 is 1.09. The van der Waals surface area contributed by atoms with Crippen LogP contribution in [-0.4, -0.2) is 5.78 Å². The number of carbonyl (C=O) groups is 1. The van der Waals surface area contributed by atoms with Crippen molar-refractivity contribution in [2.24, 2.45) is 0 Å². The molecule has 2 heteroatoms. The van der Waals surface area contributed by atoms with Gasteiger partial charge in [0.1, 0.15) is 0 Å². The van der Waals surface area contributed by atoms with Crippen LogP contribution in [0.1, 0.15) is 24.3 Å². The van der Waals surface area contributed by atoms with E-state index >= 15 is 0 Å². The van der Waals surface area contributed by atoms with Gasteiger partial charge in [0.05, 0.1) is 0 Å². The lowest BCUT2D eigenvalue weighted by Gasteiger charge is -2.09. The predicted octanol–water partition coefficient (Wildman–Crippen LogP) is 3.45. The minimum Gasteiger partial charge on any atom is -0.295 e. The second-order valence-corrected chi connectivity index (χ2v) is 4.51. The first-order valence-electron chi connectivity index (χ1n) is 4.64. The number of hydrogen-bond acceptors (Lipinski definition) is 1. The number of hydrogen-bond donors (Lipinski definition) is 0. The maximum atomic E-state index is 11.4. The Hall–Kier alpha value is -0.890. The van der Waals surface area contributed by atoms with Crippen molar-refractivity contribution in [3.05, 3.63) is 46.5 Å². The number of Topliss-reactive ketones (excluding diaryl/α,β-unsaturated/α-hetero) is 1. The van der Waals surface area contributed by atoms with E-state index in [0.717, 1.165) is 16.5 Å². The van der Waals surface area contributed by atoms with Gasteiger partial charge in [-0.15, -0.1) is 0 Å². The van der Waals surface area contributed by atoms with Crippen molar-refractivity contribution in [3.8, 4) is 0 Å². The Balaban J connectivity index is 2.30. The monoisotopic (exact) mass is 250 g/mol. The molecule has 1 aromatic rings. The average Bonchev–Trinajstić information content (AvgIpc) is 2.48. The first-order chi connectivity index (χ1) is 6.68. The van der Waals surface area contributed by atoms with Gasteiger partial charge in [0.25, 0.3) is 0 Å². The Morgan fingerprint density at radius 3 is 2.57 bits per heavy atom. The van der Waals surface area contributed by atoms with E-state index in [4.69, 9.17) is 0 Å². The summed E-state index contributed by atoms with van der Waals surface area (Å²) >= 11 is 3.51. The molecular formula is C12H11BrO. The first-order valence-corrected chi connectivity index (χ1v) is 5.43. The zero-order valence-corrected chi connectivity index (χ0v) is 9.38. The van der Waals surface area contributed by atoms with E-state index < -0.39 is 0 Å². The van der Waals surface area contributed by atoms with Gasteiger partial charge in [-0.1, -0.05) is 40.7 Å². The highest BCUT2D eigenvalue weighted by Crippen LogP contribution is 2.37. The third-order valence-electron chi connectivity index (χ3n) is 2.66. The average molecular weight is 251 g/mol. The number of rotatable bonds is 1. The van der Waals surface area contributed by atoms with Crippen LogP contribution < -0.4 is 0 Å². The quantitative estimate of drug-likeness (QED) is 0.698. The Bertz CT molecular complexity index is 379. The van der Waals surface area contributed by atoms with Crippen molar-refractivity contribution in [1.82, 2.24) is 0 Å². The van der Waals surface area contributed by atoms with Crippen LogP contribution in [0.3, 0.4) is 0 Å². The second kappa shape index (κ2) is 3.70. The number of benzene rings is 1. The highest BCUT2D eigenvalue weighted by atomic mass is 79.9. The predicted molar refractivity (Wildman–Crippen MR) is 60.3 cm³/mol. The molecule has 1 fully saturated rings. The number of carbonyl (C=O) groups excluding carboxylic acids is 1. The van der Waals surface area contributed by atoms with Crippen LogP contribution in [0.5, 0.6) is 0 Å². The fourth-order valence-corrected chi connectivity index (χ4v) is 2.49. The largest absolute Gasteiger partial charge is 0.295 e. The van der Waals surface area contributed by atoms with Crippen LogP contribution in [0.2, 0.25) is 0 Å². The number of ketones is 1. The van der Waals surface area contributed by atoms with E-state index in [0.29, 0.717) is 12.3 Å². The molecule has 14 heavy (non-hydrogen) atoms. The third-order valence-corrected chi connectivity index (χ3v) is 3.39. The first kappa shape index (κ1) is 9.66. The molecule has 1 nitrogen and oxygen atoms in total. The standard InChI is InChI=1S/C12H11BrO/c1-8-6-9(7-12(8)14)10-4-2-3-5-11(10)13/h2-5,9H,1,6-7H2. The van der Waals surface area contributed by atoms with E-state index in [2.05, 4.69) is 28.6 Å². The van der Waals surface area contributed by atoms with Gasteiger partial charge in [-0.05, 0) is 29.5 Å². The van der Waals surface area contributed by atoms with Crippen LogP contribution in [0.25, 0.3) is 0 Å². The second-order valence-electron chi connectivity index (χ2n) is 3.65. The van der Waals surface area contributed by atoms with Crippen LogP contribution in [0, 0.1) is 0 Å². The molecule has 1 saturated carbocycles. The lowest BCUT2D eigenvalue weighted by atomic mass is 9.98. The summed E-state index contributed by atoms with van der Waals surface area (Å²) in [5, 5.41) is 0. The normalized spacial score (nSPS) is 21.6. The van der Waals surface area contributed by atoms with Gasteiger partial charge >= 0.3 is 0 Å². The molecule has 1 aromatic carbocycles. The minimum absolute atomic E-state index is 0.214. The van der Waals surface area contributed by atoms with Crippen molar-refractivity contribution < 1.29 is 4.79 Å². The zero-order valence-electron chi connectivity index (χ0n) is 7.79. The third kappa shape index (κ3) is 1.67. The minimum atomic E-state index is 0.214. The molecule has 0 bridgehead atoms. The molecule has 72 valence electrons. The Morgan fingerprint density at radius 2 is 2.00 bits per heavy atom. The number of halogens is 1. The fourth-order valence-electron chi connectivity index (χ4n) is 1.88. The topological polar surface area (TPSA) is 17.1 Å². The van der Waals surface area contributed by atoms with Gasteiger partial charge in [-0.25, -0.2) is 0 Å². The molecule has 0 saturated heterocycles. The molecule has 0 N–H and O–H groups in total. The van der Waals surface area contributed by atoms with Crippen molar-refractivity contribution in [2.45, 2.75) is 18.8 Å². The molecule has 1 atom stereocenters. The zero-order chi connectivity index (χ0) is 10.1. The summed E-state index contributed by atoms with van der Waals surface area (Å²) in [6.07, 6.45) is 1.42. The SMILES string of the molecule is C=C1CC(c2ccccc2Br)CC1=O. The van der Waals surface area contributed by atoms with Gasteiger partial charge in [-0.2, -0.15) is 0 Å². The molecule has 1 aliphatic carbocycles. The summed E-state index contributed by atoms with van der Waals surface area (Å²) in [6, 6.07) is 8.08. The molecule has 0 spiro atoms. The highest BCUT2D eigenvalue weighted by molar-refractivity contribution is 9.10. The molecule has 0 radical (unpaired) electrons. The van der Waals surface area contributed by atoms with E-state index in [1.54, 1.807) is 0 Å². The lowest BCUT2D eigenvalue weighted by Crippen LogP contribution is -1.94. The maximum absolute atomic E-state index is 11.4. The fraction of sp³-hybridized carbons (Fsp3) is 0.250. The van der Waals surface area contributed by atoms with Gasteiger partial charge in [0, 0.05) is 10.9 Å². The molecule has 0 aliphatic heterocycles. The van der Waals surface area contributed by atoms with Crippen LogP contribution >= 0.6 is 15.9 Å². The summed E-state index contributed by atoms with van der Waals surface area (Å²) in [5.74, 6) is 0.538. The van der Waals surface area contributed by atoms with Crippen LogP contribution in [-0.2, 0) is 4.79 Å². The molecular weight excluding hydrogens is 240 g/mol. The molecule has 0 amide bonds. The van der Waals surface area contributed by atoms with Crippen molar-refractivity contribution in [2.75, 3.05) is 0 Å². The van der Waals surface area contributed by atoms with E-state index in [1.165, 1.54) is 5.56 Å². The Kier molecular flexibility index (Phi) is 2.55. The molecule has 0 heterocycles. The van der Waals surface area contributed by atoms with Gasteiger partial charge < -0.3 is 0 Å².